The Bertz CT molecular complexity index is 572. The predicted octanol–water partition coefficient (Wildman–Crippen LogP) is 4.34. The molecule has 1 aromatic heterocycles. The van der Waals surface area contributed by atoms with Crippen molar-refractivity contribution < 1.29 is 4.74 Å². The summed E-state index contributed by atoms with van der Waals surface area (Å²) in [5, 5.41) is 4.04. The first kappa shape index (κ1) is 14.8. The number of nitrogens with one attached hydrogen (secondary N) is 1. The minimum atomic E-state index is 0.667. The predicted molar refractivity (Wildman–Crippen MR) is 82.5 cm³/mol. The molecule has 4 heteroatoms. The average molecular weight is 291 g/mol. The van der Waals surface area contributed by atoms with E-state index < -0.39 is 0 Å². The van der Waals surface area contributed by atoms with E-state index >= 15 is 0 Å². The molecule has 0 radical (unpaired) electrons. The lowest BCUT2D eigenvalue weighted by atomic mass is 10.2. The molecule has 0 saturated carbocycles. The summed E-state index contributed by atoms with van der Waals surface area (Å²) < 4.78 is 5.96. The van der Waals surface area contributed by atoms with Gasteiger partial charge in [-0.1, -0.05) is 24.6 Å². The summed E-state index contributed by atoms with van der Waals surface area (Å²) in [5.74, 6) is 1.53. The number of aromatic nitrogens is 1. The van der Waals surface area contributed by atoms with Gasteiger partial charge in [0.1, 0.15) is 11.5 Å². The summed E-state index contributed by atoms with van der Waals surface area (Å²) >= 11 is 6.02. The third kappa shape index (κ3) is 3.95. The maximum absolute atomic E-state index is 6.02. The third-order valence-electron chi connectivity index (χ3n) is 2.98. The van der Waals surface area contributed by atoms with E-state index in [4.69, 9.17) is 16.3 Å². The molecule has 0 unspecified atom stereocenters. The van der Waals surface area contributed by atoms with Gasteiger partial charge in [0.15, 0.2) is 0 Å². The van der Waals surface area contributed by atoms with Crippen LogP contribution < -0.4 is 10.1 Å². The number of hydrogen-bond donors (Lipinski definition) is 1. The van der Waals surface area contributed by atoms with Crippen LogP contribution in [0.4, 0.5) is 0 Å². The highest BCUT2D eigenvalue weighted by molar-refractivity contribution is 6.30. The second-order valence-electron chi connectivity index (χ2n) is 4.67. The lowest BCUT2D eigenvalue weighted by Crippen LogP contribution is -2.14. The number of ether oxygens (including phenoxy) is 1. The van der Waals surface area contributed by atoms with Crippen LogP contribution in [-0.4, -0.2) is 11.5 Å². The lowest BCUT2D eigenvalue weighted by Gasteiger charge is -2.13. The van der Waals surface area contributed by atoms with Gasteiger partial charge >= 0.3 is 0 Å². The molecule has 0 saturated heterocycles. The van der Waals surface area contributed by atoms with E-state index in [1.807, 2.05) is 31.2 Å². The Hall–Kier alpha value is -1.58. The molecule has 1 heterocycles. The largest absolute Gasteiger partial charge is 0.455 e. The molecule has 0 fully saturated rings. The molecule has 0 bridgehead atoms. The Labute approximate surface area is 124 Å². The van der Waals surface area contributed by atoms with Gasteiger partial charge in [-0.2, -0.15) is 0 Å². The molecule has 0 amide bonds. The SMILES string of the molecule is CCCNCc1ccncc1Oc1cc(Cl)ccc1C. The molecule has 1 N–H and O–H groups in total. The van der Waals surface area contributed by atoms with Crippen molar-refractivity contribution in [3.8, 4) is 11.5 Å². The highest BCUT2D eigenvalue weighted by Crippen LogP contribution is 2.29. The Kier molecular flexibility index (Phi) is 5.39. The number of nitrogens with zero attached hydrogens (tertiary/aromatic N) is 1. The van der Waals surface area contributed by atoms with Gasteiger partial charge in [0.05, 0.1) is 6.20 Å². The monoisotopic (exact) mass is 290 g/mol. The molecule has 0 aliphatic rings. The quantitative estimate of drug-likeness (QED) is 0.804. The molecule has 3 nitrogen and oxygen atoms in total. The second kappa shape index (κ2) is 7.27. The summed E-state index contributed by atoms with van der Waals surface area (Å²) in [5.41, 5.74) is 2.14. The van der Waals surface area contributed by atoms with E-state index in [9.17, 15) is 0 Å². The maximum atomic E-state index is 6.02. The van der Waals surface area contributed by atoms with E-state index in [1.165, 1.54) is 0 Å². The zero-order valence-corrected chi connectivity index (χ0v) is 12.6. The molecule has 1 aromatic carbocycles. The van der Waals surface area contributed by atoms with Crippen LogP contribution >= 0.6 is 11.6 Å². The van der Waals surface area contributed by atoms with Crippen LogP contribution in [0.5, 0.6) is 11.5 Å². The van der Waals surface area contributed by atoms with Crippen molar-refractivity contribution in [3.63, 3.8) is 0 Å². The number of hydrogen-bond acceptors (Lipinski definition) is 3. The van der Waals surface area contributed by atoms with E-state index in [-0.39, 0.29) is 0 Å². The van der Waals surface area contributed by atoms with Gasteiger partial charge < -0.3 is 10.1 Å². The molecular weight excluding hydrogens is 272 g/mol. The van der Waals surface area contributed by atoms with Crippen LogP contribution in [0.3, 0.4) is 0 Å². The topological polar surface area (TPSA) is 34.2 Å². The van der Waals surface area contributed by atoms with Gasteiger partial charge in [0, 0.05) is 23.3 Å². The highest BCUT2D eigenvalue weighted by Gasteiger charge is 2.07. The number of halogens is 1. The first-order valence-corrected chi connectivity index (χ1v) is 7.16. The summed E-state index contributed by atoms with van der Waals surface area (Å²) in [4.78, 5) is 4.14. The first-order chi connectivity index (χ1) is 9.70. The molecule has 0 aliphatic carbocycles. The maximum Gasteiger partial charge on any atom is 0.150 e. The Morgan fingerprint density at radius 1 is 1.25 bits per heavy atom. The molecule has 0 spiro atoms. The van der Waals surface area contributed by atoms with Crippen LogP contribution in [0.15, 0.2) is 36.7 Å². The van der Waals surface area contributed by atoms with Gasteiger partial charge in [0.2, 0.25) is 0 Å². The summed E-state index contributed by atoms with van der Waals surface area (Å²) in [6, 6.07) is 7.60. The molecule has 2 aromatic rings. The van der Waals surface area contributed by atoms with Crippen LogP contribution in [-0.2, 0) is 6.54 Å². The van der Waals surface area contributed by atoms with Crippen LogP contribution in [0.1, 0.15) is 24.5 Å². The van der Waals surface area contributed by atoms with Crippen molar-refractivity contribution in [3.05, 3.63) is 52.8 Å². The molecule has 2 rings (SSSR count). The summed E-state index contributed by atoms with van der Waals surface area (Å²) in [7, 11) is 0. The Morgan fingerprint density at radius 2 is 2.10 bits per heavy atom. The van der Waals surface area contributed by atoms with Crippen LogP contribution in [0.25, 0.3) is 0 Å². The zero-order chi connectivity index (χ0) is 14.4. The lowest BCUT2D eigenvalue weighted by molar-refractivity contribution is 0.466. The first-order valence-electron chi connectivity index (χ1n) is 6.78. The zero-order valence-electron chi connectivity index (χ0n) is 11.8. The molecule has 20 heavy (non-hydrogen) atoms. The number of pyridine rings is 1. The standard InChI is InChI=1S/C16H19ClN2O/c1-3-7-18-10-13-6-8-19-11-16(13)20-15-9-14(17)5-4-12(15)2/h4-6,8-9,11,18H,3,7,10H2,1-2H3. The van der Waals surface area contributed by atoms with Gasteiger partial charge in [-0.05, 0) is 43.7 Å². The van der Waals surface area contributed by atoms with Crippen LogP contribution in [0, 0.1) is 6.92 Å². The van der Waals surface area contributed by atoms with Gasteiger partial charge in [0.25, 0.3) is 0 Å². The van der Waals surface area contributed by atoms with Gasteiger partial charge in [-0.25, -0.2) is 0 Å². The van der Waals surface area contributed by atoms with Crippen molar-refractivity contribution >= 4 is 11.6 Å². The molecule has 106 valence electrons. The van der Waals surface area contributed by atoms with Crippen molar-refractivity contribution in [2.24, 2.45) is 0 Å². The third-order valence-corrected chi connectivity index (χ3v) is 3.22. The second-order valence-corrected chi connectivity index (χ2v) is 5.11. The van der Waals surface area contributed by atoms with Crippen molar-refractivity contribution in [2.45, 2.75) is 26.8 Å². The van der Waals surface area contributed by atoms with Crippen molar-refractivity contribution in [2.75, 3.05) is 6.54 Å². The van der Waals surface area contributed by atoms with Crippen molar-refractivity contribution in [1.29, 1.82) is 0 Å². The fourth-order valence-electron chi connectivity index (χ4n) is 1.85. The smallest absolute Gasteiger partial charge is 0.150 e. The molecular formula is C16H19ClN2O. The number of benzene rings is 1. The summed E-state index contributed by atoms with van der Waals surface area (Å²) in [6.45, 7) is 5.90. The number of rotatable bonds is 6. The Balaban J connectivity index is 2.18. The van der Waals surface area contributed by atoms with Crippen LogP contribution in [0.2, 0.25) is 5.02 Å². The van der Waals surface area contributed by atoms with E-state index in [1.54, 1.807) is 12.4 Å². The Morgan fingerprint density at radius 3 is 2.90 bits per heavy atom. The summed E-state index contributed by atoms with van der Waals surface area (Å²) in [6.07, 6.45) is 4.62. The minimum absolute atomic E-state index is 0.667. The van der Waals surface area contributed by atoms with E-state index in [0.717, 1.165) is 42.1 Å². The average Bonchev–Trinajstić information content (AvgIpc) is 2.45. The normalized spacial score (nSPS) is 10.6. The molecule has 0 aliphatic heterocycles. The van der Waals surface area contributed by atoms with Gasteiger partial charge in [-0.3, -0.25) is 4.98 Å². The fourth-order valence-corrected chi connectivity index (χ4v) is 2.01. The minimum Gasteiger partial charge on any atom is -0.455 e. The van der Waals surface area contributed by atoms with Gasteiger partial charge in [-0.15, -0.1) is 0 Å². The molecule has 0 atom stereocenters. The fraction of sp³-hybridized carbons (Fsp3) is 0.312. The van der Waals surface area contributed by atoms with E-state index in [2.05, 4.69) is 17.2 Å². The van der Waals surface area contributed by atoms with E-state index in [0.29, 0.717) is 5.02 Å². The van der Waals surface area contributed by atoms with Crippen molar-refractivity contribution in [1.82, 2.24) is 10.3 Å². The number of aryl methyl sites for hydroxylation is 1. The highest BCUT2D eigenvalue weighted by atomic mass is 35.5.